The standard InChI is InChI=1S/C18H18N4O3/c1-10-9-11(2)22(21-10)18-19-13(4)12(3)16(20-18)25-15-7-5-14(6-8-15)17(23)24/h5-9H,1-4H3,(H,23,24). The summed E-state index contributed by atoms with van der Waals surface area (Å²) in [6.45, 7) is 7.60. The Kier molecular flexibility index (Phi) is 4.22. The van der Waals surface area contributed by atoms with Crippen molar-refractivity contribution in [3.8, 4) is 17.6 Å². The van der Waals surface area contributed by atoms with Crippen LogP contribution in [0.2, 0.25) is 0 Å². The molecule has 0 unspecified atom stereocenters. The van der Waals surface area contributed by atoms with Gasteiger partial charge in [0.25, 0.3) is 5.95 Å². The van der Waals surface area contributed by atoms with E-state index in [1.165, 1.54) is 12.1 Å². The van der Waals surface area contributed by atoms with Gasteiger partial charge in [-0.25, -0.2) is 14.5 Å². The summed E-state index contributed by atoms with van der Waals surface area (Å²) >= 11 is 0. The van der Waals surface area contributed by atoms with Crippen LogP contribution in [0.3, 0.4) is 0 Å². The number of aromatic nitrogens is 4. The predicted molar refractivity (Wildman–Crippen MR) is 91.6 cm³/mol. The van der Waals surface area contributed by atoms with Gasteiger partial charge >= 0.3 is 5.97 Å². The van der Waals surface area contributed by atoms with Crippen LogP contribution >= 0.6 is 0 Å². The second-order valence-corrected chi connectivity index (χ2v) is 5.81. The first-order valence-corrected chi connectivity index (χ1v) is 7.75. The van der Waals surface area contributed by atoms with Crippen LogP contribution in [0.1, 0.15) is 33.0 Å². The number of carbonyl (C=O) groups is 1. The van der Waals surface area contributed by atoms with Crippen LogP contribution in [-0.2, 0) is 0 Å². The number of aromatic carboxylic acids is 1. The maximum atomic E-state index is 10.9. The van der Waals surface area contributed by atoms with Crippen LogP contribution < -0.4 is 4.74 Å². The molecule has 0 bridgehead atoms. The van der Waals surface area contributed by atoms with Crippen LogP contribution in [-0.4, -0.2) is 30.8 Å². The molecule has 7 heteroatoms. The van der Waals surface area contributed by atoms with E-state index in [1.807, 2.05) is 33.8 Å². The fourth-order valence-electron chi connectivity index (χ4n) is 2.39. The van der Waals surface area contributed by atoms with Crippen LogP contribution in [0.4, 0.5) is 0 Å². The highest BCUT2D eigenvalue weighted by atomic mass is 16.5. The first-order valence-electron chi connectivity index (χ1n) is 7.75. The molecule has 0 fully saturated rings. The third kappa shape index (κ3) is 3.35. The van der Waals surface area contributed by atoms with Gasteiger partial charge in [0.2, 0.25) is 5.88 Å². The second kappa shape index (κ2) is 6.35. The average molecular weight is 338 g/mol. The Bertz CT molecular complexity index is 946. The van der Waals surface area contributed by atoms with E-state index in [2.05, 4.69) is 15.1 Å². The zero-order valence-electron chi connectivity index (χ0n) is 14.4. The molecule has 0 aliphatic carbocycles. The van der Waals surface area contributed by atoms with Gasteiger partial charge in [-0.3, -0.25) is 0 Å². The first-order chi connectivity index (χ1) is 11.8. The second-order valence-electron chi connectivity index (χ2n) is 5.81. The summed E-state index contributed by atoms with van der Waals surface area (Å²) in [4.78, 5) is 19.9. The molecule has 0 atom stereocenters. The lowest BCUT2D eigenvalue weighted by atomic mass is 10.2. The monoisotopic (exact) mass is 338 g/mol. The van der Waals surface area contributed by atoms with E-state index in [4.69, 9.17) is 9.84 Å². The van der Waals surface area contributed by atoms with Crippen molar-refractivity contribution < 1.29 is 14.6 Å². The number of nitrogens with zero attached hydrogens (tertiary/aromatic N) is 4. The summed E-state index contributed by atoms with van der Waals surface area (Å²) in [6.07, 6.45) is 0. The van der Waals surface area contributed by atoms with Gasteiger partial charge in [-0.05, 0) is 58.0 Å². The van der Waals surface area contributed by atoms with Crippen molar-refractivity contribution >= 4 is 5.97 Å². The van der Waals surface area contributed by atoms with E-state index >= 15 is 0 Å². The quantitative estimate of drug-likeness (QED) is 0.784. The lowest BCUT2D eigenvalue weighted by Gasteiger charge is -2.12. The molecule has 3 rings (SSSR count). The molecular formula is C18H18N4O3. The molecule has 0 aliphatic heterocycles. The Morgan fingerprint density at radius 2 is 1.76 bits per heavy atom. The van der Waals surface area contributed by atoms with E-state index in [0.717, 1.165) is 22.6 Å². The number of aryl methyl sites for hydroxylation is 3. The van der Waals surface area contributed by atoms with Crippen molar-refractivity contribution in [2.45, 2.75) is 27.7 Å². The van der Waals surface area contributed by atoms with Gasteiger partial charge in [0, 0.05) is 17.0 Å². The number of hydrogen-bond acceptors (Lipinski definition) is 5. The Labute approximate surface area is 144 Å². The van der Waals surface area contributed by atoms with Gasteiger partial charge in [-0.1, -0.05) is 0 Å². The summed E-state index contributed by atoms with van der Waals surface area (Å²) < 4.78 is 7.52. The van der Waals surface area contributed by atoms with Gasteiger partial charge in [0.05, 0.1) is 11.3 Å². The third-order valence-corrected chi connectivity index (χ3v) is 3.85. The molecule has 7 nitrogen and oxygen atoms in total. The van der Waals surface area contributed by atoms with E-state index in [0.29, 0.717) is 17.6 Å². The Morgan fingerprint density at radius 3 is 2.32 bits per heavy atom. The topological polar surface area (TPSA) is 90.1 Å². The van der Waals surface area contributed by atoms with E-state index in [9.17, 15) is 4.79 Å². The normalized spacial score (nSPS) is 10.7. The highest BCUT2D eigenvalue weighted by Crippen LogP contribution is 2.26. The Morgan fingerprint density at radius 1 is 1.08 bits per heavy atom. The molecule has 2 aromatic heterocycles. The predicted octanol–water partition coefficient (Wildman–Crippen LogP) is 3.39. The summed E-state index contributed by atoms with van der Waals surface area (Å²) in [6, 6.07) is 8.13. The third-order valence-electron chi connectivity index (χ3n) is 3.85. The zero-order chi connectivity index (χ0) is 18.1. The number of hydrogen-bond donors (Lipinski definition) is 1. The molecule has 0 saturated heterocycles. The van der Waals surface area contributed by atoms with Gasteiger partial charge in [-0.2, -0.15) is 10.1 Å². The zero-order valence-corrected chi connectivity index (χ0v) is 14.4. The molecular weight excluding hydrogens is 320 g/mol. The van der Waals surface area contributed by atoms with Crippen molar-refractivity contribution in [2.24, 2.45) is 0 Å². The van der Waals surface area contributed by atoms with Crippen molar-refractivity contribution in [1.29, 1.82) is 0 Å². The highest BCUT2D eigenvalue weighted by Gasteiger charge is 2.14. The fraction of sp³-hybridized carbons (Fsp3) is 0.222. The van der Waals surface area contributed by atoms with Crippen molar-refractivity contribution in [1.82, 2.24) is 19.7 Å². The number of benzene rings is 1. The smallest absolute Gasteiger partial charge is 0.335 e. The SMILES string of the molecule is Cc1cc(C)n(-c2nc(C)c(C)c(Oc3ccc(C(=O)O)cc3)n2)n1. The molecule has 1 N–H and O–H groups in total. The van der Waals surface area contributed by atoms with Crippen LogP contribution in [0, 0.1) is 27.7 Å². The summed E-state index contributed by atoms with van der Waals surface area (Å²) in [5, 5.41) is 13.4. The van der Waals surface area contributed by atoms with Gasteiger partial charge < -0.3 is 9.84 Å². The minimum absolute atomic E-state index is 0.200. The van der Waals surface area contributed by atoms with E-state index < -0.39 is 5.97 Å². The van der Waals surface area contributed by atoms with Crippen LogP contribution in [0.15, 0.2) is 30.3 Å². The highest BCUT2D eigenvalue weighted by molar-refractivity contribution is 5.87. The number of carboxylic acid groups (broad SMARTS) is 1. The summed E-state index contributed by atoms with van der Waals surface area (Å²) in [7, 11) is 0. The Balaban J connectivity index is 1.98. The van der Waals surface area contributed by atoms with Gasteiger partial charge in [0.1, 0.15) is 5.75 Å². The maximum Gasteiger partial charge on any atom is 0.335 e. The Hall–Kier alpha value is -3.22. The number of ether oxygens (including phenoxy) is 1. The summed E-state index contributed by atoms with van der Waals surface area (Å²) in [5.74, 6) is 0.377. The average Bonchev–Trinajstić information content (AvgIpc) is 2.90. The molecule has 0 radical (unpaired) electrons. The first kappa shape index (κ1) is 16.6. The maximum absolute atomic E-state index is 10.9. The van der Waals surface area contributed by atoms with Crippen LogP contribution in [0.5, 0.6) is 11.6 Å². The number of carboxylic acids is 1. The molecule has 0 spiro atoms. The van der Waals surface area contributed by atoms with Crippen molar-refractivity contribution in [3.05, 3.63) is 58.5 Å². The molecule has 128 valence electrons. The molecule has 3 aromatic rings. The summed E-state index contributed by atoms with van der Waals surface area (Å²) in [5.41, 5.74) is 3.61. The minimum Gasteiger partial charge on any atom is -0.478 e. The van der Waals surface area contributed by atoms with Gasteiger partial charge in [0.15, 0.2) is 0 Å². The number of rotatable bonds is 4. The molecule has 2 heterocycles. The fourth-order valence-corrected chi connectivity index (χ4v) is 2.39. The molecule has 1 aromatic carbocycles. The van der Waals surface area contributed by atoms with Crippen molar-refractivity contribution in [3.63, 3.8) is 0 Å². The van der Waals surface area contributed by atoms with Gasteiger partial charge in [-0.15, -0.1) is 0 Å². The largest absolute Gasteiger partial charge is 0.478 e. The molecule has 25 heavy (non-hydrogen) atoms. The molecule has 0 saturated carbocycles. The molecule has 0 amide bonds. The van der Waals surface area contributed by atoms with E-state index in [1.54, 1.807) is 16.8 Å². The van der Waals surface area contributed by atoms with Crippen molar-refractivity contribution in [2.75, 3.05) is 0 Å². The minimum atomic E-state index is -0.979. The lowest BCUT2D eigenvalue weighted by Crippen LogP contribution is -2.08. The van der Waals surface area contributed by atoms with E-state index in [-0.39, 0.29) is 5.56 Å². The molecule has 0 aliphatic rings. The lowest BCUT2D eigenvalue weighted by molar-refractivity contribution is 0.0697. The van der Waals surface area contributed by atoms with Crippen LogP contribution in [0.25, 0.3) is 5.95 Å².